The second kappa shape index (κ2) is 6.85. The van der Waals surface area contributed by atoms with Crippen LogP contribution in [0.5, 0.6) is 5.75 Å². The van der Waals surface area contributed by atoms with E-state index in [0.29, 0.717) is 30.0 Å². The third-order valence-corrected chi connectivity index (χ3v) is 5.22. The fourth-order valence-corrected chi connectivity index (χ4v) is 3.06. The Morgan fingerprint density at radius 3 is 2.15 bits per heavy atom. The summed E-state index contributed by atoms with van der Waals surface area (Å²) in [5, 5.41) is 0. The Kier molecular flexibility index (Phi) is 5.05. The standard InChI is InChI=1S/C18H25BO7/c1-17(2)18(3,4)26-19(25-17)14-11(16-23-9-10-24-16)7-8-12(21-5)13(14)15(20)22-6/h7-8,16H,9-10H2,1-6H3. The van der Waals surface area contributed by atoms with Crippen LogP contribution in [-0.2, 0) is 23.5 Å². The molecule has 8 heteroatoms. The molecule has 0 N–H and O–H groups in total. The van der Waals surface area contributed by atoms with Gasteiger partial charge >= 0.3 is 13.1 Å². The zero-order chi connectivity index (χ0) is 19.1. The number of esters is 1. The first-order valence-corrected chi connectivity index (χ1v) is 8.60. The average molecular weight is 364 g/mol. The van der Waals surface area contributed by atoms with Gasteiger partial charge in [0.15, 0.2) is 6.29 Å². The molecule has 142 valence electrons. The predicted molar refractivity (Wildman–Crippen MR) is 94.7 cm³/mol. The molecule has 0 radical (unpaired) electrons. The molecule has 7 nitrogen and oxygen atoms in total. The van der Waals surface area contributed by atoms with Crippen LogP contribution in [-0.4, -0.2) is 51.7 Å². The van der Waals surface area contributed by atoms with Crippen LogP contribution < -0.4 is 10.2 Å². The Labute approximate surface area is 154 Å². The number of carbonyl (C=O) groups excluding carboxylic acids is 1. The molecule has 2 fully saturated rings. The van der Waals surface area contributed by atoms with Gasteiger partial charge in [-0.05, 0) is 33.8 Å². The van der Waals surface area contributed by atoms with Gasteiger partial charge in [-0.25, -0.2) is 4.79 Å². The smallest absolute Gasteiger partial charge is 0.496 e. The lowest BCUT2D eigenvalue weighted by Gasteiger charge is -2.32. The van der Waals surface area contributed by atoms with Gasteiger partial charge in [-0.15, -0.1) is 0 Å². The van der Waals surface area contributed by atoms with Crippen LogP contribution in [0.25, 0.3) is 0 Å². The summed E-state index contributed by atoms with van der Waals surface area (Å²) in [6, 6.07) is 3.50. The lowest BCUT2D eigenvalue weighted by atomic mass is 9.72. The van der Waals surface area contributed by atoms with Crippen LogP contribution in [0.4, 0.5) is 0 Å². The van der Waals surface area contributed by atoms with Crippen molar-refractivity contribution in [2.45, 2.75) is 45.2 Å². The van der Waals surface area contributed by atoms with Gasteiger partial charge in [0.25, 0.3) is 0 Å². The molecule has 0 saturated carbocycles. The Morgan fingerprint density at radius 1 is 1.08 bits per heavy atom. The van der Waals surface area contributed by atoms with Crippen LogP contribution in [0, 0.1) is 0 Å². The lowest BCUT2D eigenvalue weighted by molar-refractivity contribution is -0.0435. The average Bonchev–Trinajstić information content (AvgIpc) is 3.19. The van der Waals surface area contributed by atoms with E-state index in [0.717, 1.165) is 0 Å². The van der Waals surface area contributed by atoms with E-state index in [-0.39, 0.29) is 5.56 Å². The van der Waals surface area contributed by atoms with Gasteiger partial charge in [0.2, 0.25) is 0 Å². The van der Waals surface area contributed by atoms with Gasteiger partial charge in [-0.3, -0.25) is 0 Å². The molecule has 1 aromatic carbocycles. The highest BCUT2D eigenvalue weighted by atomic mass is 16.7. The minimum atomic E-state index is -0.785. The van der Waals surface area contributed by atoms with Crippen LogP contribution in [0.1, 0.15) is 49.9 Å². The molecule has 0 bridgehead atoms. The lowest BCUT2D eigenvalue weighted by Crippen LogP contribution is -2.41. The summed E-state index contributed by atoms with van der Waals surface area (Å²) >= 11 is 0. The molecule has 3 rings (SSSR count). The van der Waals surface area contributed by atoms with Crippen LogP contribution in [0.3, 0.4) is 0 Å². The first kappa shape index (κ1) is 19.2. The molecule has 0 unspecified atom stereocenters. The molecule has 2 aliphatic rings. The minimum absolute atomic E-state index is 0.255. The fourth-order valence-electron chi connectivity index (χ4n) is 3.06. The fraction of sp³-hybridized carbons (Fsp3) is 0.611. The molecule has 0 aromatic heterocycles. The van der Waals surface area contributed by atoms with E-state index in [4.69, 9.17) is 28.3 Å². The van der Waals surface area contributed by atoms with Gasteiger partial charge in [0, 0.05) is 11.0 Å². The molecule has 1 aromatic rings. The molecule has 0 aliphatic carbocycles. The number of hydrogen-bond donors (Lipinski definition) is 0. The Hall–Kier alpha value is -1.61. The van der Waals surface area contributed by atoms with E-state index in [1.165, 1.54) is 14.2 Å². The summed E-state index contributed by atoms with van der Waals surface area (Å²) in [4.78, 5) is 12.6. The molecular formula is C18H25BO7. The van der Waals surface area contributed by atoms with Gasteiger partial charge in [0.1, 0.15) is 11.3 Å². The van der Waals surface area contributed by atoms with Crippen molar-refractivity contribution < 1.29 is 33.1 Å². The van der Waals surface area contributed by atoms with Crippen LogP contribution >= 0.6 is 0 Å². The number of benzene rings is 1. The van der Waals surface area contributed by atoms with E-state index >= 15 is 0 Å². The van der Waals surface area contributed by atoms with Crippen molar-refractivity contribution in [1.82, 2.24) is 0 Å². The highest BCUT2D eigenvalue weighted by Gasteiger charge is 2.54. The number of carbonyl (C=O) groups is 1. The summed E-state index contributed by atoms with van der Waals surface area (Å²) in [6.07, 6.45) is -0.599. The summed E-state index contributed by atoms with van der Waals surface area (Å²) in [7, 11) is 2.04. The van der Waals surface area contributed by atoms with E-state index in [2.05, 4.69) is 0 Å². The molecule has 2 aliphatic heterocycles. The maximum Gasteiger partial charge on any atom is 0.496 e. The molecule has 0 amide bonds. The topological polar surface area (TPSA) is 72.5 Å². The van der Waals surface area contributed by atoms with Crippen molar-refractivity contribution in [1.29, 1.82) is 0 Å². The first-order chi connectivity index (χ1) is 12.2. The summed E-state index contributed by atoms with van der Waals surface area (Å²) in [5.41, 5.74) is 0.306. The zero-order valence-electron chi connectivity index (χ0n) is 16.1. The van der Waals surface area contributed by atoms with E-state index in [9.17, 15) is 4.79 Å². The SMILES string of the molecule is COC(=O)c1c(OC)ccc(C2OCCO2)c1B1OC(C)(C)C(C)(C)O1. The van der Waals surface area contributed by atoms with E-state index in [1.807, 2.05) is 33.8 Å². The molecule has 2 heterocycles. The van der Waals surface area contributed by atoms with Gasteiger partial charge in [-0.2, -0.15) is 0 Å². The van der Waals surface area contributed by atoms with Crippen molar-refractivity contribution >= 4 is 18.6 Å². The Balaban J connectivity index is 2.18. The molecular weight excluding hydrogens is 339 g/mol. The van der Waals surface area contributed by atoms with Crippen molar-refractivity contribution in [3.05, 3.63) is 23.3 Å². The van der Waals surface area contributed by atoms with Crippen molar-refractivity contribution in [3.8, 4) is 5.75 Å². The molecule has 2 saturated heterocycles. The number of rotatable bonds is 4. The minimum Gasteiger partial charge on any atom is -0.496 e. The maximum atomic E-state index is 12.6. The first-order valence-electron chi connectivity index (χ1n) is 8.60. The third-order valence-electron chi connectivity index (χ3n) is 5.22. The molecule has 26 heavy (non-hydrogen) atoms. The predicted octanol–water partition coefficient (Wildman–Crippen LogP) is 1.83. The largest absolute Gasteiger partial charge is 0.496 e. The monoisotopic (exact) mass is 364 g/mol. The number of hydrogen-bond acceptors (Lipinski definition) is 7. The van der Waals surface area contributed by atoms with E-state index in [1.54, 1.807) is 6.07 Å². The van der Waals surface area contributed by atoms with Crippen LogP contribution in [0.15, 0.2) is 12.1 Å². The Bertz CT molecular complexity index is 679. The second-order valence-corrected chi connectivity index (χ2v) is 7.30. The third kappa shape index (κ3) is 3.11. The molecule has 0 atom stereocenters. The quantitative estimate of drug-likeness (QED) is 0.596. The normalized spacial score (nSPS) is 21.8. The summed E-state index contributed by atoms with van der Waals surface area (Å²) in [5.74, 6) is -0.158. The number of ether oxygens (including phenoxy) is 4. The van der Waals surface area contributed by atoms with E-state index < -0.39 is 30.6 Å². The number of methoxy groups -OCH3 is 2. The highest BCUT2D eigenvalue weighted by molar-refractivity contribution is 6.64. The van der Waals surface area contributed by atoms with Crippen molar-refractivity contribution in [2.24, 2.45) is 0 Å². The second-order valence-electron chi connectivity index (χ2n) is 7.30. The van der Waals surface area contributed by atoms with Gasteiger partial charge in [-0.1, -0.05) is 6.07 Å². The van der Waals surface area contributed by atoms with Gasteiger partial charge in [0.05, 0.1) is 38.6 Å². The highest BCUT2D eigenvalue weighted by Crippen LogP contribution is 2.38. The van der Waals surface area contributed by atoms with Crippen molar-refractivity contribution in [2.75, 3.05) is 27.4 Å². The Morgan fingerprint density at radius 2 is 1.65 bits per heavy atom. The van der Waals surface area contributed by atoms with Gasteiger partial charge < -0.3 is 28.3 Å². The van der Waals surface area contributed by atoms with Crippen LogP contribution in [0.2, 0.25) is 0 Å². The summed E-state index contributed by atoms with van der Waals surface area (Å²) < 4.78 is 34.1. The molecule has 0 spiro atoms. The summed E-state index contributed by atoms with van der Waals surface area (Å²) in [6.45, 7) is 8.76. The van der Waals surface area contributed by atoms with Crippen molar-refractivity contribution in [3.63, 3.8) is 0 Å². The maximum absolute atomic E-state index is 12.6. The zero-order valence-corrected chi connectivity index (χ0v) is 16.1.